The van der Waals surface area contributed by atoms with Gasteiger partial charge in [-0.15, -0.1) is 0 Å². The second kappa shape index (κ2) is 8.23. The number of esters is 1. The zero-order valence-electron chi connectivity index (χ0n) is 8.94. The zero-order valence-corrected chi connectivity index (χ0v) is 8.94. The lowest BCUT2D eigenvalue weighted by molar-refractivity contribution is -0.143. The average Bonchev–Trinajstić information content (AvgIpc) is 2.16. The summed E-state index contributed by atoms with van der Waals surface area (Å²) in [5, 5.41) is 17.4. The first kappa shape index (κ1) is 13.9. The molecule has 15 heavy (non-hydrogen) atoms. The summed E-state index contributed by atoms with van der Waals surface area (Å²) in [6.07, 6.45) is 1.31. The predicted molar refractivity (Wildman–Crippen MR) is 53.3 cm³/mol. The Labute approximate surface area is 89.0 Å². The van der Waals surface area contributed by atoms with Gasteiger partial charge in [0.1, 0.15) is 0 Å². The Morgan fingerprint density at radius 2 is 2.07 bits per heavy atom. The summed E-state index contributed by atoms with van der Waals surface area (Å²) in [5.74, 6) is -1.47. The summed E-state index contributed by atoms with van der Waals surface area (Å²) in [7, 11) is 0. The Balaban J connectivity index is 3.62. The van der Waals surface area contributed by atoms with Crippen molar-refractivity contribution in [3.05, 3.63) is 0 Å². The number of ether oxygens (including phenoxy) is 1. The van der Waals surface area contributed by atoms with Crippen LogP contribution in [0.1, 0.15) is 32.6 Å². The van der Waals surface area contributed by atoms with Gasteiger partial charge >= 0.3 is 11.9 Å². The van der Waals surface area contributed by atoms with Crippen LogP contribution in [-0.4, -0.2) is 35.4 Å². The molecule has 0 spiro atoms. The predicted octanol–water partition coefficient (Wildman–Crippen LogP) is 0.803. The Kier molecular flexibility index (Phi) is 7.62. The SMILES string of the molecule is CCOC(=O)CCCC(CO)CC(=O)O. The van der Waals surface area contributed by atoms with Crippen molar-refractivity contribution in [3.63, 3.8) is 0 Å². The fourth-order valence-electron chi connectivity index (χ4n) is 1.27. The van der Waals surface area contributed by atoms with Crippen LogP contribution in [0, 0.1) is 5.92 Å². The third kappa shape index (κ3) is 7.93. The van der Waals surface area contributed by atoms with E-state index in [-0.39, 0.29) is 31.3 Å². The Morgan fingerprint density at radius 3 is 2.53 bits per heavy atom. The largest absolute Gasteiger partial charge is 0.481 e. The van der Waals surface area contributed by atoms with E-state index in [1.54, 1.807) is 6.92 Å². The topological polar surface area (TPSA) is 83.8 Å². The molecule has 0 saturated heterocycles. The van der Waals surface area contributed by atoms with Crippen LogP contribution in [0.25, 0.3) is 0 Å². The molecule has 1 unspecified atom stereocenters. The average molecular weight is 218 g/mol. The van der Waals surface area contributed by atoms with Crippen LogP contribution in [0.15, 0.2) is 0 Å². The third-order valence-corrected chi connectivity index (χ3v) is 2.02. The van der Waals surface area contributed by atoms with Crippen LogP contribution >= 0.6 is 0 Å². The van der Waals surface area contributed by atoms with Gasteiger partial charge in [-0.2, -0.15) is 0 Å². The lowest BCUT2D eigenvalue weighted by Crippen LogP contribution is -2.13. The quantitative estimate of drug-likeness (QED) is 0.589. The maximum Gasteiger partial charge on any atom is 0.305 e. The molecule has 0 fully saturated rings. The van der Waals surface area contributed by atoms with E-state index in [9.17, 15) is 9.59 Å². The summed E-state index contributed by atoms with van der Waals surface area (Å²) in [6.45, 7) is 1.94. The number of aliphatic carboxylic acids is 1. The molecule has 0 saturated carbocycles. The maximum atomic E-state index is 10.9. The van der Waals surface area contributed by atoms with Gasteiger partial charge in [0, 0.05) is 13.0 Å². The number of carboxylic acid groups (broad SMARTS) is 1. The number of hydrogen-bond donors (Lipinski definition) is 2. The van der Waals surface area contributed by atoms with Crippen LogP contribution in [0.3, 0.4) is 0 Å². The van der Waals surface area contributed by atoms with Crippen molar-refractivity contribution >= 4 is 11.9 Å². The molecule has 0 aliphatic heterocycles. The third-order valence-electron chi connectivity index (χ3n) is 2.02. The number of hydrogen-bond acceptors (Lipinski definition) is 4. The molecule has 0 radical (unpaired) electrons. The van der Waals surface area contributed by atoms with Gasteiger partial charge in [0.05, 0.1) is 13.0 Å². The summed E-state index contributed by atoms with van der Waals surface area (Å²) in [5.41, 5.74) is 0. The van der Waals surface area contributed by atoms with Gasteiger partial charge in [0.2, 0.25) is 0 Å². The van der Waals surface area contributed by atoms with Gasteiger partial charge in [-0.05, 0) is 25.7 Å². The van der Waals surface area contributed by atoms with Crippen molar-refractivity contribution in [2.24, 2.45) is 5.92 Å². The first-order valence-electron chi connectivity index (χ1n) is 5.08. The van der Waals surface area contributed by atoms with Crippen molar-refractivity contribution < 1.29 is 24.5 Å². The molecule has 2 N–H and O–H groups in total. The van der Waals surface area contributed by atoms with Crippen LogP contribution in [0.4, 0.5) is 0 Å². The second-order valence-electron chi connectivity index (χ2n) is 3.34. The van der Waals surface area contributed by atoms with Crippen LogP contribution < -0.4 is 0 Å². The standard InChI is InChI=1S/C10H18O5/c1-2-15-10(14)5-3-4-8(7-11)6-9(12)13/h8,11H,2-7H2,1H3,(H,12,13). The molecule has 0 aromatic heterocycles. The van der Waals surface area contributed by atoms with Crippen LogP contribution in [0.2, 0.25) is 0 Å². The molecule has 0 aromatic carbocycles. The molecule has 0 heterocycles. The minimum Gasteiger partial charge on any atom is -0.481 e. The number of rotatable bonds is 8. The Morgan fingerprint density at radius 1 is 1.40 bits per heavy atom. The molecule has 0 bridgehead atoms. The first-order chi connectivity index (χ1) is 7.10. The molecule has 5 heteroatoms. The minimum absolute atomic E-state index is 0.0562. The molecular formula is C10H18O5. The molecule has 0 aliphatic rings. The lowest BCUT2D eigenvalue weighted by Gasteiger charge is -2.10. The van der Waals surface area contributed by atoms with Crippen LogP contribution in [0.5, 0.6) is 0 Å². The highest BCUT2D eigenvalue weighted by Crippen LogP contribution is 2.12. The van der Waals surface area contributed by atoms with Crippen molar-refractivity contribution in [2.45, 2.75) is 32.6 Å². The van der Waals surface area contributed by atoms with E-state index in [0.29, 0.717) is 19.4 Å². The van der Waals surface area contributed by atoms with Crippen molar-refractivity contribution in [1.29, 1.82) is 0 Å². The van der Waals surface area contributed by atoms with Gasteiger partial charge in [-0.25, -0.2) is 0 Å². The maximum absolute atomic E-state index is 10.9. The molecule has 88 valence electrons. The number of carboxylic acids is 1. The van der Waals surface area contributed by atoms with E-state index in [2.05, 4.69) is 0 Å². The highest BCUT2D eigenvalue weighted by atomic mass is 16.5. The molecule has 0 aliphatic carbocycles. The van der Waals surface area contributed by atoms with Gasteiger partial charge in [0.15, 0.2) is 0 Å². The van der Waals surface area contributed by atoms with Gasteiger partial charge in [0.25, 0.3) is 0 Å². The molecule has 0 aromatic rings. The van der Waals surface area contributed by atoms with E-state index in [1.807, 2.05) is 0 Å². The minimum atomic E-state index is -0.926. The molecule has 0 rings (SSSR count). The van der Waals surface area contributed by atoms with E-state index in [0.717, 1.165) is 0 Å². The van der Waals surface area contributed by atoms with Gasteiger partial charge < -0.3 is 14.9 Å². The molecule has 5 nitrogen and oxygen atoms in total. The van der Waals surface area contributed by atoms with E-state index >= 15 is 0 Å². The number of carbonyl (C=O) groups excluding carboxylic acids is 1. The van der Waals surface area contributed by atoms with Crippen molar-refractivity contribution in [1.82, 2.24) is 0 Å². The molecular weight excluding hydrogens is 200 g/mol. The summed E-state index contributed by atoms with van der Waals surface area (Å²) in [6, 6.07) is 0. The number of carbonyl (C=O) groups is 2. The van der Waals surface area contributed by atoms with E-state index in [4.69, 9.17) is 14.9 Å². The normalized spacial score (nSPS) is 12.1. The fraction of sp³-hybridized carbons (Fsp3) is 0.800. The van der Waals surface area contributed by atoms with Crippen molar-refractivity contribution in [2.75, 3.05) is 13.2 Å². The zero-order chi connectivity index (χ0) is 11.7. The number of aliphatic hydroxyl groups is 1. The van der Waals surface area contributed by atoms with E-state index in [1.165, 1.54) is 0 Å². The Bertz CT molecular complexity index is 202. The Hall–Kier alpha value is -1.10. The summed E-state index contributed by atoms with van der Waals surface area (Å²) in [4.78, 5) is 21.3. The van der Waals surface area contributed by atoms with Crippen LogP contribution in [-0.2, 0) is 14.3 Å². The highest BCUT2D eigenvalue weighted by molar-refractivity contribution is 5.69. The van der Waals surface area contributed by atoms with Crippen molar-refractivity contribution in [3.8, 4) is 0 Å². The second-order valence-corrected chi connectivity index (χ2v) is 3.34. The van der Waals surface area contributed by atoms with E-state index < -0.39 is 5.97 Å². The summed E-state index contributed by atoms with van der Waals surface area (Å²) >= 11 is 0. The van der Waals surface area contributed by atoms with Gasteiger partial charge in [-0.3, -0.25) is 9.59 Å². The smallest absolute Gasteiger partial charge is 0.305 e. The first-order valence-corrected chi connectivity index (χ1v) is 5.08. The molecule has 0 amide bonds. The van der Waals surface area contributed by atoms with Gasteiger partial charge in [-0.1, -0.05) is 0 Å². The number of aliphatic hydroxyl groups excluding tert-OH is 1. The highest BCUT2D eigenvalue weighted by Gasteiger charge is 2.12. The monoisotopic (exact) mass is 218 g/mol. The lowest BCUT2D eigenvalue weighted by atomic mass is 9.99. The molecule has 1 atom stereocenters. The fourth-order valence-corrected chi connectivity index (χ4v) is 1.27. The summed E-state index contributed by atoms with van der Waals surface area (Å²) < 4.78 is 4.72.